The summed E-state index contributed by atoms with van der Waals surface area (Å²) in [6.07, 6.45) is -4.83. The fourth-order valence-electron chi connectivity index (χ4n) is 2.94. The van der Waals surface area contributed by atoms with E-state index in [-0.39, 0.29) is 5.69 Å². The summed E-state index contributed by atoms with van der Waals surface area (Å²) >= 11 is 0. The Morgan fingerprint density at radius 1 is 1.00 bits per heavy atom. The lowest BCUT2D eigenvalue weighted by molar-refractivity contribution is -0.274. The highest BCUT2D eigenvalue weighted by Crippen LogP contribution is 2.30. The van der Waals surface area contributed by atoms with Crippen molar-refractivity contribution in [2.24, 2.45) is 0 Å². The molecule has 0 aromatic heterocycles. The van der Waals surface area contributed by atoms with Crippen molar-refractivity contribution in [1.82, 2.24) is 4.90 Å². The van der Waals surface area contributed by atoms with Gasteiger partial charge in [0, 0.05) is 31.9 Å². The molecule has 1 N–H and O–H groups in total. The van der Waals surface area contributed by atoms with E-state index in [1.165, 1.54) is 18.2 Å². The second kappa shape index (κ2) is 8.28. The van der Waals surface area contributed by atoms with E-state index in [1.54, 1.807) is 12.0 Å². The number of methoxy groups -OCH3 is 1. The molecule has 1 aliphatic rings. The molecule has 2 amide bonds. The van der Waals surface area contributed by atoms with Crippen LogP contribution in [0.5, 0.6) is 11.5 Å². The molecule has 1 fully saturated rings. The maximum atomic E-state index is 12.5. The number of urea groups is 1. The van der Waals surface area contributed by atoms with Crippen LogP contribution in [0.15, 0.2) is 48.5 Å². The summed E-state index contributed by atoms with van der Waals surface area (Å²) in [5, 5.41) is 2.50. The molecule has 6 nitrogen and oxygen atoms in total. The molecular formula is C19H20F3N3O3. The smallest absolute Gasteiger partial charge is 0.497 e. The summed E-state index contributed by atoms with van der Waals surface area (Å²) in [7, 11) is 1.60. The second-order valence-electron chi connectivity index (χ2n) is 6.15. The number of rotatable bonds is 4. The summed E-state index contributed by atoms with van der Waals surface area (Å²) in [5.41, 5.74) is 0.993. The minimum absolute atomic E-state index is 0.0255. The van der Waals surface area contributed by atoms with E-state index in [1.807, 2.05) is 24.3 Å². The Balaban J connectivity index is 1.58. The Kier molecular flexibility index (Phi) is 5.81. The zero-order valence-electron chi connectivity index (χ0n) is 15.2. The molecule has 1 saturated heterocycles. The zero-order valence-corrected chi connectivity index (χ0v) is 15.2. The van der Waals surface area contributed by atoms with Gasteiger partial charge in [-0.3, -0.25) is 0 Å². The first kappa shape index (κ1) is 19.7. The fraction of sp³-hybridized carbons (Fsp3) is 0.316. The molecule has 2 aromatic rings. The first-order chi connectivity index (χ1) is 13.4. The molecular weight excluding hydrogens is 375 g/mol. The standard InChI is InChI=1S/C19H20F3N3O3/c1-27-15-8-6-14(7-9-15)24-10-12-25(13-11-24)18(26)23-16-4-2-3-5-17(16)28-19(20,21)22/h2-9H,10-13H2,1H3,(H,23,26). The van der Waals surface area contributed by atoms with Crippen LogP contribution < -0.4 is 19.7 Å². The number of piperazine rings is 1. The van der Waals surface area contributed by atoms with Crippen LogP contribution in [0.25, 0.3) is 0 Å². The number of carbonyl (C=O) groups is 1. The lowest BCUT2D eigenvalue weighted by Crippen LogP contribution is -2.50. The van der Waals surface area contributed by atoms with Gasteiger partial charge in [0.05, 0.1) is 12.8 Å². The van der Waals surface area contributed by atoms with E-state index in [0.717, 1.165) is 17.5 Å². The van der Waals surface area contributed by atoms with Crippen LogP contribution in [0.3, 0.4) is 0 Å². The van der Waals surface area contributed by atoms with Crippen molar-refractivity contribution in [3.8, 4) is 11.5 Å². The maximum absolute atomic E-state index is 12.5. The average molecular weight is 395 g/mol. The van der Waals surface area contributed by atoms with E-state index < -0.39 is 18.1 Å². The molecule has 0 saturated carbocycles. The van der Waals surface area contributed by atoms with E-state index in [9.17, 15) is 18.0 Å². The molecule has 0 radical (unpaired) electrons. The minimum atomic E-state index is -4.83. The first-order valence-electron chi connectivity index (χ1n) is 8.65. The molecule has 0 atom stereocenters. The number of hydrogen-bond donors (Lipinski definition) is 1. The van der Waals surface area contributed by atoms with Crippen molar-refractivity contribution in [2.75, 3.05) is 43.5 Å². The number of benzene rings is 2. The molecule has 0 unspecified atom stereocenters. The summed E-state index contributed by atoms with van der Waals surface area (Å²) in [6.45, 7) is 2.11. The summed E-state index contributed by atoms with van der Waals surface area (Å²) in [5.74, 6) is 0.321. The van der Waals surface area contributed by atoms with Gasteiger partial charge in [0.2, 0.25) is 0 Å². The fourth-order valence-corrected chi connectivity index (χ4v) is 2.94. The number of anilines is 2. The van der Waals surface area contributed by atoms with Gasteiger partial charge < -0.3 is 24.6 Å². The quantitative estimate of drug-likeness (QED) is 0.852. The highest BCUT2D eigenvalue weighted by Gasteiger charge is 2.32. The molecule has 1 heterocycles. The molecule has 28 heavy (non-hydrogen) atoms. The van der Waals surface area contributed by atoms with Gasteiger partial charge in [-0.25, -0.2) is 4.79 Å². The van der Waals surface area contributed by atoms with Crippen LogP contribution in [0.1, 0.15) is 0 Å². The minimum Gasteiger partial charge on any atom is -0.497 e. The van der Waals surface area contributed by atoms with Crippen molar-refractivity contribution in [2.45, 2.75) is 6.36 Å². The lowest BCUT2D eigenvalue weighted by Gasteiger charge is -2.36. The molecule has 2 aromatic carbocycles. The predicted molar refractivity (Wildman–Crippen MR) is 98.9 cm³/mol. The third kappa shape index (κ3) is 4.99. The van der Waals surface area contributed by atoms with E-state index in [0.29, 0.717) is 26.2 Å². The summed E-state index contributed by atoms with van der Waals surface area (Å²) < 4.78 is 46.6. The van der Waals surface area contributed by atoms with Gasteiger partial charge in [0.1, 0.15) is 5.75 Å². The molecule has 0 spiro atoms. The van der Waals surface area contributed by atoms with Gasteiger partial charge in [-0.2, -0.15) is 0 Å². The Hall–Kier alpha value is -3.10. The number of hydrogen-bond acceptors (Lipinski definition) is 4. The van der Waals surface area contributed by atoms with E-state index >= 15 is 0 Å². The molecule has 9 heteroatoms. The number of carbonyl (C=O) groups excluding carboxylic acids is 1. The monoisotopic (exact) mass is 395 g/mol. The van der Waals surface area contributed by atoms with Gasteiger partial charge in [-0.15, -0.1) is 13.2 Å². The topological polar surface area (TPSA) is 54.0 Å². The third-order valence-corrected chi connectivity index (χ3v) is 4.36. The number of halogens is 3. The Morgan fingerprint density at radius 2 is 1.64 bits per heavy atom. The molecule has 0 aliphatic carbocycles. The van der Waals surface area contributed by atoms with Crippen LogP contribution in [0.2, 0.25) is 0 Å². The highest BCUT2D eigenvalue weighted by molar-refractivity contribution is 5.91. The van der Waals surface area contributed by atoms with Gasteiger partial charge in [-0.05, 0) is 36.4 Å². The number of nitrogens with zero attached hydrogens (tertiary/aromatic N) is 2. The number of nitrogens with one attached hydrogen (secondary N) is 1. The third-order valence-electron chi connectivity index (χ3n) is 4.36. The predicted octanol–water partition coefficient (Wildman–Crippen LogP) is 3.95. The lowest BCUT2D eigenvalue weighted by atomic mass is 10.2. The van der Waals surface area contributed by atoms with Crippen molar-refractivity contribution in [3.05, 3.63) is 48.5 Å². The number of ether oxygens (including phenoxy) is 2. The van der Waals surface area contributed by atoms with Crippen LogP contribution >= 0.6 is 0 Å². The van der Waals surface area contributed by atoms with Crippen molar-refractivity contribution in [1.29, 1.82) is 0 Å². The average Bonchev–Trinajstić information content (AvgIpc) is 2.68. The van der Waals surface area contributed by atoms with Crippen LogP contribution in [-0.2, 0) is 0 Å². The Bertz CT molecular complexity index is 804. The number of amides is 2. The normalized spacial score (nSPS) is 14.6. The first-order valence-corrected chi connectivity index (χ1v) is 8.65. The highest BCUT2D eigenvalue weighted by atomic mass is 19.4. The van der Waals surface area contributed by atoms with Crippen molar-refractivity contribution in [3.63, 3.8) is 0 Å². The van der Waals surface area contributed by atoms with Gasteiger partial charge in [0.15, 0.2) is 5.75 Å². The van der Waals surface area contributed by atoms with Crippen LogP contribution in [-0.4, -0.2) is 50.6 Å². The van der Waals surface area contributed by atoms with Crippen molar-refractivity contribution < 1.29 is 27.4 Å². The second-order valence-corrected chi connectivity index (χ2v) is 6.15. The molecule has 0 bridgehead atoms. The molecule has 150 valence electrons. The van der Waals surface area contributed by atoms with Gasteiger partial charge in [0.25, 0.3) is 0 Å². The molecule has 1 aliphatic heterocycles. The maximum Gasteiger partial charge on any atom is 0.573 e. The van der Waals surface area contributed by atoms with E-state index in [4.69, 9.17) is 4.74 Å². The van der Waals surface area contributed by atoms with Crippen LogP contribution in [0, 0.1) is 0 Å². The van der Waals surface area contributed by atoms with Gasteiger partial charge >= 0.3 is 12.4 Å². The van der Waals surface area contributed by atoms with E-state index in [2.05, 4.69) is 15.0 Å². The molecule has 3 rings (SSSR count). The summed E-state index contributed by atoms with van der Waals surface area (Å²) in [4.78, 5) is 16.1. The zero-order chi connectivity index (χ0) is 20.1. The summed E-state index contributed by atoms with van der Waals surface area (Å²) in [6, 6.07) is 12.6. The van der Waals surface area contributed by atoms with Gasteiger partial charge in [-0.1, -0.05) is 12.1 Å². The van der Waals surface area contributed by atoms with Crippen molar-refractivity contribution >= 4 is 17.4 Å². The SMILES string of the molecule is COc1ccc(N2CCN(C(=O)Nc3ccccc3OC(F)(F)F)CC2)cc1. The Morgan fingerprint density at radius 3 is 2.25 bits per heavy atom. The number of para-hydroxylation sites is 2. The Labute approximate surface area is 160 Å². The number of alkyl halides is 3. The largest absolute Gasteiger partial charge is 0.573 e. The van der Waals surface area contributed by atoms with Crippen LogP contribution in [0.4, 0.5) is 29.3 Å².